The van der Waals surface area contributed by atoms with E-state index in [1.165, 1.54) is 6.92 Å². The van der Waals surface area contributed by atoms with E-state index in [0.29, 0.717) is 16.8 Å². The minimum atomic E-state index is -0.0501. The number of benzene rings is 1. The highest BCUT2D eigenvalue weighted by Crippen LogP contribution is 2.20. The number of hydrogen-bond acceptors (Lipinski definition) is 4. The van der Waals surface area contributed by atoms with Crippen LogP contribution in [0.15, 0.2) is 18.2 Å². The van der Waals surface area contributed by atoms with Gasteiger partial charge in [-0.25, -0.2) is 0 Å². The standard InChI is InChI=1S/C14H18N2O2/c1-9(8-17)10(2)16-14-6-12(7-15)4-5-13(14)11(3)18/h4-6,9-10,16-17H,8H2,1-3H3. The molecule has 1 rings (SSSR count). The number of nitrogens with one attached hydrogen (secondary N) is 1. The summed E-state index contributed by atoms with van der Waals surface area (Å²) in [7, 11) is 0. The quantitative estimate of drug-likeness (QED) is 0.781. The average Bonchev–Trinajstić information content (AvgIpc) is 2.37. The number of anilines is 1. The van der Waals surface area contributed by atoms with E-state index in [1.807, 2.05) is 19.9 Å². The van der Waals surface area contributed by atoms with Crippen molar-refractivity contribution >= 4 is 11.5 Å². The monoisotopic (exact) mass is 246 g/mol. The SMILES string of the molecule is CC(=O)c1ccc(C#N)cc1NC(C)C(C)CO. The summed E-state index contributed by atoms with van der Waals surface area (Å²) in [5.74, 6) is 0.0152. The Kier molecular flexibility index (Phi) is 4.87. The molecule has 1 aromatic carbocycles. The Morgan fingerprint density at radius 1 is 1.50 bits per heavy atom. The summed E-state index contributed by atoms with van der Waals surface area (Å²) in [6.07, 6.45) is 0. The van der Waals surface area contributed by atoms with Crippen molar-refractivity contribution in [3.63, 3.8) is 0 Å². The molecule has 1 aromatic rings. The highest BCUT2D eigenvalue weighted by Gasteiger charge is 2.14. The smallest absolute Gasteiger partial charge is 0.161 e. The third-order valence-electron chi connectivity index (χ3n) is 3.05. The molecule has 2 N–H and O–H groups in total. The Labute approximate surface area is 107 Å². The summed E-state index contributed by atoms with van der Waals surface area (Å²) < 4.78 is 0. The number of Topliss-reactive ketones (excluding diaryl/α,β-unsaturated/α-hetero) is 1. The van der Waals surface area contributed by atoms with Gasteiger partial charge >= 0.3 is 0 Å². The van der Waals surface area contributed by atoms with E-state index < -0.39 is 0 Å². The summed E-state index contributed by atoms with van der Waals surface area (Å²) >= 11 is 0. The maximum Gasteiger partial charge on any atom is 0.161 e. The first-order valence-electron chi connectivity index (χ1n) is 5.92. The Morgan fingerprint density at radius 3 is 2.67 bits per heavy atom. The van der Waals surface area contributed by atoms with Crippen LogP contribution in [-0.2, 0) is 0 Å². The number of carbonyl (C=O) groups excluding carboxylic acids is 1. The Balaban J connectivity index is 3.05. The molecule has 2 atom stereocenters. The molecule has 18 heavy (non-hydrogen) atoms. The Bertz CT molecular complexity index is 477. The summed E-state index contributed by atoms with van der Waals surface area (Å²) in [4.78, 5) is 11.5. The second kappa shape index (κ2) is 6.18. The normalized spacial score (nSPS) is 13.5. The van der Waals surface area contributed by atoms with Crippen molar-refractivity contribution in [1.82, 2.24) is 0 Å². The molecule has 0 fully saturated rings. The topological polar surface area (TPSA) is 73.1 Å². The fourth-order valence-corrected chi connectivity index (χ4v) is 1.59. The van der Waals surface area contributed by atoms with E-state index in [9.17, 15) is 4.79 Å². The van der Waals surface area contributed by atoms with Gasteiger partial charge in [0.15, 0.2) is 5.78 Å². The molecule has 0 aliphatic rings. The zero-order chi connectivity index (χ0) is 13.7. The van der Waals surface area contributed by atoms with Gasteiger partial charge in [0.25, 0.3) is 0 Å². The summed E-state index contributed by atoms with van der Waals surface area (Å²) in [6, 6.07) is 7.01. The molecule has 0 aliphatic carbocycles. The lowest BCUT2D eigenvalue weighted by Crippen LogP contribution is -2.27. The largest absolute Gasteiger partial charge is 0.396 e. The first-order valence-corrected chi connectivity index (χ1v) is 5.92. The minimum Gasteiger partial charge on any atom is -0.396 e. The summed E-state index contributed by atoms with van der Waals surface area (Å²) in [6.45, 7) is 5.41. The van der Waals surface area contributed by atoms with E-state index >= 15 is 0 Å². The molecule has 0 aliphatic heterocycles. The molecule has 4 nitrogen and oxygen atoms in total. The van der Waals surface area contributed by atoms with Gasteiger partial charge in [0.05, 0.1) is 11.6 Å². The molecule has 96 valence electrons. The van der Waals surface area contributed by atoms with Gasteiger partial charge in [0.1, 0.15) is 0 Å². The predicted molar refractivity (Wildman–Crippen MR) is 70.5 cm³/mol. The third kappa shape index (κ3) is 3.31. The second-order valence-corrected chi connectivity index (χ2v) is 4.52. The highest BCUT2D eigenvalue weighted by molar-refractivity contribution is 5.99. The van der Waals surface area contributed by atoms with Gasteiger partial charge in [-0.15, -0.1) is 0 Å². The van der Waals surface area contributed by atoms with Gasteiger partial charge in [0.2, 0.25) is 0 Å². The van der Waals surface area contributed by atoms with Gasteiger partial charge in [0, 0.05) is 23.9 Å². The zero-order valence-electron chi connectivity index (χ0n) is 10.9. The average molecular weight is 246 g/mol. The van der Waals surface area contributed by atoms with E-state index in [1.54, 1.807) is 18.2 Å². The van der Waals surface area contributed by atoms with Crippen molar-refractivity contribution in [2.75, 3.05) is 11.9 Å². The van der Waals surface area contributed by atoms with E-state index in [2.05, 4.69) is 5.32 Å². The molecule has 0 aromatic heterocycles. The molecule has 0 radical (unpaired) electrons. The van der Waals surface area contributed by atoms with Crippen LogP contribution in [0.4, 0.5) is 5.69 Å². The molecule has 2 unspecified atom stereocenters. The number of nitriles is 1. The van der Waals surface area contributed by atoms with Crippen LogP contribution < -0.4 is 5.32 Å². The van der Waals surface area contributed by atoms with Gasteiger partial charge in [-0.2, -0.15) is 5.26 Å². The Morgan fingerprint density at radius 2 is 2.17 bits per heavy atom. The second-order valence-electron chi connectivity index (χ2n) is 4.52. The number of rotatable bonds is 5. The number of aliphatic hydroxyl groups excluding tert-OH is 1. The van der Waals surface area contributed by atoms with E-state index in [0.717, 1.165) is 0 Å². The van der Waals surface area contributed by atoms with Crippen LogP contribution in [0.3, 0.4) is 0 Å². The van der Waals surface area contributed by atoms with Gasteiger partial charge in [-0.3, -0.25) is 4.79 Å². The lowest BCUT2D eigenvalue weighted by molar-refractivity contribution is 0.101. The number of hydrogen-bond donors (Lipinski definition) is 2. The lowest BCUT2D eigenvalue weighted by atomic mass is 10.0. The van der Waals surface area contributed by atoms with Crippen LogP contribution in [0.25, 0.3) is 0 Å². The van der Waals surface area contributed by atoms with Crippen molar-refractivity contribution in [1.29, 1.82) is 5.26 Å². The van der Waals surface area contributed by atoms with Crippen molar-refractivity contribution in [2.24, 2.45) is 5.92 Å². The van der Waals surface area contributed by atoms with Crippen LogP contribution in [0.2, 0.25) is 0 Å². The van der Waals surface area contributed by atoms with Crippen molar-refractivity contribution < 1.29 is 9.90 Å². The van der Waals surface area contributed by atoms with Crippen molar-refractivity contribution in [3.05, 3.63) is 29.3 Å². The molecular formula is C14H18N2O2. The molecule has 0 bridgehead atoms. The highest BCUT2D eigenvalue weighted by atomic mass is 16.3. The predicted octanol–water partition coefficient (Wildman–Crippen LogP) is 2.19. The van der Waals surface area contributed by atoms with Gasteiger partial charge in [-0.05, 0) is 38.0 Å². The lowest BCUT2D eigenvalue weighted by Gasteiger charge is -2.22. The number of ketones is 1. The van der Waals surface area contributed by atoms with Crippen molar-refractivity contribution in [3.8, 4) is 6.07 Å². The number of aliphatic hydroxyl groups is 1. The maximum atomic E-state index is 11.5. The van der Waals surface area contributed by atoms with E-state index in [4.69, 9.17) is 10.4 Å². The summed E-state index contributed by atoms with van der Waals surface area (Å²) in [5.41, 5.74) is 1.71. The molecule has 0 spiro atoms. The molecule has 0 saturated heterocycles. The fourth-order valence-electron chi connectivity index (χ4n) is 1.59. The molecule has 0 saturated carbocycles. The van der Waals surface area contributed by atoms with Crippen LogP contribution in [0.1, 0.15) is 36.7 Å². The van der Waals surface area contributed by atoms with Gasteiger partial charge < -0.3 is 10.4 Å². The fraction of sp³-hybridized carbons (Fsp3) is 0.429. The third-order valence-corrected chi connectivity index (χ3v) is 3.05. The zero-order valence-corrected chi connectivity index (χ0v) is 10.9. The first-order chi connectivity index (χ1) is 8.49. The number of nitrogens with zero attached hydrogens (tertiary/aromatic N) is 1. The first kappa shape index (κ1) is 14.2. The van der Waals surface area contributed by atoms with Gasteiger partial charge in [-0.1, -0.05) is 6.92 Å². The Hall–Kier alpha value is -1.86. The number of carbonyl (C=O) groups is 1. The molecule has 0 amide bonds. The van der Waals surface area contributed by atoms with Crippen molar-refractivity contribution in [2.45, 2.75) is 26.8 Å². The minimum absolute atomic E-state index is 0.0158. The molecule has 4 heteroatoms. The van der Waals surface area contributed by atoms with E-state index in [-0.39, 0.29) is 24.3 Å². The van der Waals surface area contributed by atoms with Crippen LogP contribution in [0, 0.1) is 17.2 Å². The molecular weight excluding hydrogens is 228 g/mol. The van der Waals surface area contributed by atoms with Crippen LogP contribution >= 0.6 is 0 Å². The van der Waals surface area contributed by atoms with Crippen LogP contribution in [-0.4, -0.2) is 23.5 Å². The van der Waals surface area contributed by atoms with Crippen LogP contribution in [0.5, 0.6) is 0 Å². The molecule has 0 heterocycles. The summed E-state index contributed by atoms with van der Waals surface area (Å²) in [5, 5.41) is 21.2. The maximum absolute atomic E-state index is 11.5.